The Morgan fingerprint density at radius 1 is 1.36 bits per heavy atom. The van der Waals surface area contributed by atoms with E-state index >= 15 is 0 Å². The van der Waals surface area contributed by atoms with Gasteiger partial charge in [0.1, 0.15) is 29.9 Å². The molecule has 0 unspecified atom stereocenters. The highest BCUT2D eigenvalue weighted by Crippen LogP contribution is 2.26. The SMILES string of the molecule is CC[C@@H](Nc1ccnc(-c2c[nH]c3ncc(F)cc23)n1)C(=O)NCC(F)(F)F.[HH].[HH]. The van der Waals surface area contributed by atoms with Crippen LogP contribution in [0, 0.1) is 5.82 Å². The molecule has 0 aliphatic rings. The van der Waals surface area contributed by atoms with Gasteiger partial charge in [0, 0.05) is 26.2 Å². The number of halogens is 4. The monoisotopic (exact) mass is 400 g/mol. The zero-order chi connectivity index (χ0) is 20.3. The van der Waals surface area contributed by atoms with Crippen LogP contribution in [0.5, 0.6) is 0 Å². The fourth-order valence-electron chi connectivity index (χ4n) is 2.57. The van der Waals surface area contributed by atoms with Crippen molar-refractivity contribution in [3.05, 3.63) is 36.5 Å². The number of hydrogen-bond acceptors (Lipinski definition) is 5. The third-order valence-corrected chi connectivity index (χ3v) is 3.90. The number of rotatable bonds is 6. The van der Waals surface area contributed by atoms with Gasteiger partial charge in [-0.1, -0.05) is 6.92 Å². The van der Waals surface area contributed by atoms with Gasteiger partial charge in [0.05, 0.1) is 6.20 Å². The van der Waals surface area contributed by atoms with E-state index in [0.717, 1.165) is 6.20 Å². The Balaban J connectivity index is 0.00000225. The summed E-state index contributed by atoms with van der Waals surface area (Å²) in [5.74, 6) is -0.819. The third kappa shape index (κ3) is 4.53. The number of nitrogens with zero attached hydrogens (tertiary/aromatic N) is 3. The van der Waals surface area contributed by atoms with Gasteiger partial charge in [-0.25, -0.2) is 19.3 Å². The third-order valence-electron chi connectivity index (χ3n) is 3.90. The molecule has 0 radical (unpaired) electrons. The summed E-state index contributed by atoms with van der Waals surface area (Å²) in [6.45, 7) is 0.244. The summed E-state index contributed by atoms with van der Waals surface area (Å²) in [6.07, 6.45) is -0.174. The van der Waals surface area contributed by atoms with Gasteiger partial charge in [0.25, 0.3) is 0 Å². The van der Waals surface area contributed by atoms with Crippen LogP contribution in [0.15, 0.2) is 30.7 Å². The van der Waals surface area contributed by atoms with Gasteiger partial charge in [-0.2, -0.15) is 13.2 Å². The molecule has 0 aliphatic heterocycles. The second kappa shape index (κ2) is 7.79. The molecule has 1 amide bonds. The maximum Gasteiger partial charge on any atom is 0.405 e. The Labute approximate surface area is 159 Å². The molecule has 0 bridgehead atoms. The van der Waals surface area contributed by atoms with E-state index in [-0.39, 0.29) is 20.9 Å². The van der Waals surface area contributed by atoms with Crippen molar-refractivity contribution < 1.29 is 25.2 Å². The first-order chi connectivity index (χ1) is 13.3. The maximum absolute atomic E-state index is 13.5. The quantitative estimate of drug-likeness (QED) is 0.551. The molecule has 11 heteroatoms. The number of pyridine rings is 1. The molecule has 3 rings (SSSR count). The summed E-state index contributed by atoms with van der Waals surface area (Å²) in [5.41, 5.74) is 0.955. The lowest BCUT2D eigenvalue weighted by molar-refractivity contribution is -0.138. The van der Waals surface area contributed by atoms with Gasteiger partial charge in [0.2, 0.25) is 5.91 Å². The number of amides is 1. The minimum Gasteiger partial charge on any atom is -0.358 e. The molecule has 0 spiro atoms. The summed E-state index contributed by atoms with van der Waals surface area (Å²) in [7, 11) is 0. The molecule has 0 saturated carbocycles. The normalized spacial score (nSPS) is 12.8. The number of hydrogen-bond donors (Lipinski definition) is 3. The lowest BCUT2D eigenvalue weighted by atomic mass is 10.2. The predicted octanol–water partition coefficient (Wildman–Crippen LogP) is 3.52. The van der Waals surface area contributed by atoms with Crippen LogP contribution in [0.2, 0.25) is 0 Å². The van der Waals surface area contributed by atoms with Crippen molar-refractivity contribution in [3.8, 4) is 11.4 Å². The molecule has 0 fully saturated rings. The van der Waals surface area contributed by atoms with E-state index in [1.54, 1.807) is 13.1 Å². The van der Waals surface area contributed by atoms with Gasteiger partial charge in [0.15, 0.2) is 5.82 Å². The summed E-state index contributed by atoms with van der Waals surface area (Å²) >= 11 is 0. The summed E-state index contributed by atoms with van der Waals surface area (Å²) in [5, 5.41) is 5.12. The Hall–Kier alpha value is -3.24. The Morgan fingerprint density at radius 2 is 2.14 bits per heavy atom. The number of nitrogens with one attached hydrogen (secondary N) is 3. The van der Waals surface area contributed by atoms with Gasteiger partial charge >= 0.3 is 6.18 Å². The predicted molar refractivity (Wildman–Crippen MR) is 98.1 cm³/mol. The molecular formula is C17H20F4N6O. The van der Waals surface area contributed by atoms with Crippen molar-refractivity contribution in [1.29, 1.82) is 0 Å². The van der Waals surface area contributed by atoms with Crippen molar-refractivity contribution in [2.24, 2.45) is 0 Å². The second-order valence-corrected chi connectivity index (χ2v) is 5.96. The van der Waals surface area contributed by atoms with Crippen LogP contribution in [-0.2, 0) is 4.79 Å². The fourth-order valence-corrected chi connectivity index (χ4v) is 2.57. The number of aromatic nitrogens is 4. The number of carbonyl (C=O) groups excluding carboxylic acids is 1. The van der Waals surface area contributed by atoms with Crippen molar-refractivity contribution in [2.45, 2.75) is 25.6 Å². The van der Waals surface area contributed by atoms with E-state index in [0.29, 0.717) is 16.6 Å². The number of H-pyrrole nitrogens is 1. The van der Waals surface area contributed by atoms with Crippen molar-refractivity contribution in [3.63, 3.8) is 0 Å². The molecule has 3 aromatic rings. The molecule has 152 valence electrons. The lowest BCUT2D eigenvalue weighted by Gasteiger charge is -2.18. The van der Waals surface area contributed by atoms with Crippen LogP contribution in [0.25, 0.3) is 22.4 Å². The standard InChI is InChI=1S/C17H16F4N6O.2H2/c1-2-12(16(28)25-8-17(19,20)21)26-13-3-4-22-15(27-13)11-7-24-14-10(11)5-9(18)6-23-14;;/h3-7,12H,2,8H2,1H3,(H,23,24)(H,25,28)(H,22,26,27);2*1H/t12-;;/m1../s1. The first-order valence-corrected chi connectivity index (χ1v) is 8.34. The number of aromatic amines is 1. The molecule has 0 aromatic carbocycles. The summed E-state index contributed by atoms with van der Waals surface area (Å²) in [4.78, 5) is 27.2. The van der Waals surface area contributed by atoms with E-state index in [9.17, 15) is 22.4 Å². The van der Waals surface area contributed by atoms with Crippen molar-refractivity contribution >= 4 is 22.8 Å². The lowest BCUT2D eigenvalue weighted by Crippen LogP contribution is -2.43. The Morgan fingerprint density at radius 3 is 2.86 bits per heavy atom. The zero-order valence-corrected chi connectivity index (χ0v) is 14.6. The van der Waals surface area contributed by atoms with Gasteiger partial charge in [-0.05, 0) is 18.6 Å². The van der Waals surface area contributed by atoms with Crippen LogP contribution >= 0.6 is 0 Å². The highest BCUT2D eigenvalue weighted by atomic mass is 19.4. The Bertz CT molecular complexity index is 998. The minimum absolute atomic E-state index is 0. The Kier molecular flexibility index (Phi) is 5.43. The molecule has 3 N–H and O–H groups in total. The van der Waals surface area contributed by atoms with E-state index in [2.05, 4.69) is 25.3 Å². The fraction of sp³-hybridized carbons (Fsp3) is 0.294. The first-order valence-electron chi connectivity index (χ1n) is 8.34. The zero-order valence-electron chi connectivity index (χ0n) is 14.6. The van der Waals surface area contributed by atoms with Crippen LogP contribution in [0.4, 0.5) is 23.4 Å². The molecule has 28 heavy (non-hydrogen) atoms. The average molecular weight is 400 g/mol. The first kappa shape index (κ1) is 19.5. The summed E-state index contributed by atoms with van der Waals surface area (Å²) < 4.78 is 50.4. The van der Waals surface area contributed by atoms with Gasteiger partial charge in [-0.3, -0.25) is 4.79 Å². The van der Waals surface area contributed by atoms with E-state index < -0.39 is 30.5 Å². The minimum atomic E-state index is -4.49. The van der Waals surface area contributed by atoms with Gasteiger partial charge < -0.3 is 15.6 Å². The highest BCUT2D eigenvalue weighted by Gasteiger charge is 2.29. The average Bonchev–Trinajstić information content (AvgIpc) is 3.07. The van der Waals surface area contributed by atoms with Crippen LogP contribution in [0.3, 0.4) is 0 Å². The van der Waals surface area contributed by atoms with Crippen LogP contribution in [-0.4, -0.2) is 44.6 Å². The highest BCUT2D eigenvalue weighted by molar-refractivity contribution is 5.91. The number of anilines is 1. The number of alkyl halides is 3. The van der Waals surface area contributed by atoms with Gasteiger partial charge in [-0.15, -0.1) is 0 Å². The second-order valence-electron chi connectivity index (χ2n) is 5.96. The van der Waals surface area contributed by atoms with Crippen LogP contribution in [0.1, 0.15) is 16.2 Å². The van der Waals surface area contributed by atoms with Crippen molar-refractivity contribution in [1.82, 2.24) is 25.3 Å². The van der Waals surface area contributed by atoms with Crippen LogP contribution < -0.4 is 10.6 Å². The number of carbonyl (C=O) groups is 1. The number of fused-ring (bicyclic) bond motifs is 1. The van der Waals surface area contributed by atoms with E-state index in [1.807, 2.05) is 5.32 Å². The molecule has 0 saturated heterocycles. The van der Waals surface area contributed by atoms with Crippen molar-refractivity contribution in [2.75, 3.05) is 11.9 Å². The molecular weight excluding hydrogens is 380 g/mol. The largest absolute Gasteiger partial charge is 0.405 e. The summed E-state index contributed by atoms with van der Waals surface area (Å²) in [6, 6.07) is 1.86. The van der Waals surface area contributed by atoms with E-state index in [4.69, 9.17) is 0 Å². The smallest absolute Gasteiger partial charge is 0.358 e. The topological polar surface area (TPSA) is 95.6 Å². The molecule has 3 heterocycles. The molecule has 7 nitrogen and oxygen atoms in total. The molecule has 1 atom stereocenters. The van der Waals surface area contributed by atoms with E-state index in [1.165, 1.54) is 18.3 Å². The molecule has 0 aliphatic carbocycles. The maximum atomic E-state index is 13.5. The molecule has 3 aromatic heterocycles.